The number of amides is 1. The maximum Gasteiger partial charge on any atom is 0.230 e. The minimum atomic E-state index is -0.879. The summed E-state index contributed by atoms with van der Waals surface area (Å²) in [4.78, 5) is 12.5. The minimum Gasteiger partial charge on any atom is -0.353 e. The number of carbonyl (C=O) groups is 1. The van der Waals surface area contributed by atoms with Gasteiger partial charge < -0.3 is 10.6 Å². The molecule has 114 valence electrons. The van der Waals surface area contributed by atoms with E-state index >= 15 is 0 Å². The first-order chi connectivity index (χ1) is 10.1. The third kappa shape index (κ3) is 3.74. The molecule has 1 amide bonds. The summed E-state index contributed by atoms with van der Waals surface area (Å²) in [6.45, 7) is 0. The summed E-state index contributed by atoms with van der Waals surface area (Å²) < 4.78 is 25.9. The van der Waals surface area contributed by atoms with Gasteiger partial charge in [-0.05, 0) is 43.9 Å². The maximum atomic E-state index is 13.1. The van der Waals surface area contributed by atoms with Crippen LogP contribution in [0.3, 0.4) is 0 Å². The number of nitrogens with one attached hydrogen (secondary N) is 2. The summed E-state index contributed by atoms with van der Waals surface area (Å²) in [5, 5.41) is 6.58. The molecule has 1 aromatic rings. The van der Waals surface area contributed by atoms with E-state index in [0.717, 1.165) is 25.0 Å². The molecule has 0 radical (unpaired) electrons. The molecule has 21 heavy (non-hydrogen) atoms. The topological polar surface area (TPSA) is 41.1 Å². The molecule has 2 heterocycles. The van der Waals surface area contributed by atoms with Crippen LogP contribution < -0.4 is 10.6 Å². The van der Waals surface area contributed by atoms with E-state index in [4.69, 9.17) is 0 Å². The lowest BCUT2D eigenvalue weighted by atomic mass is 10.00. The molecule has 3 nitrogen and oxygen atoms in total. The van der Waals surface area contributed by atoms with Gasteiger partial charge in [-0.1, -0.05) is 0 Å². The van der Waals surface area contributed by atoms with Gasteiger partial charge in [0.1, 0.15) is 0 Å². The Labute approximate surface area is 126 Å². The van der Waals surface area contributed by atoms with E-state index in [-0.39, 0.29) is 17.7 Å². The predicted molar refractivity (Wildman–Crippen MR) is 78.2 cm³/mol. The quantitative estimate of drug-likeness (QED) is 0.839. The molecule has 0 aliphatic carbocycles. The Morgan fingerprint density at radius 1 is 1.24 bits per heavy atom. The first-order valence-electron chi connectivity index (χ1n) is 7.23. The van der Waals surface area contributed by atoms with Gasteiger partial charge in [-0.2, -0.15) is 0 Å². The van der Waals surface area contributed by atoms with Crippen LogP contribution in [0.15, 0.2) is 23.1 Å². The van der Waals surface area contributed by atoms with Crippen molar-refractivity contribution in [1.29, 1.82) is 0 Å². The van der Waals surface area contributed by atoms with Gasteiger partial charge in [0.05, 0.1) is 5.75 Å². The summed E-state index contributed by atoms with van der Waals surface area (Å²) in [5.74, 6) is -1.56. The van der Waals surface area contributed by atoms with E-state index in [1.165, 1.54) is 30.7 Å². The molecule has 2 saturated heterocycles. The smallest absolute Gasteiger partial charge is 0.230 e. The number of hydrogen-bond acceptors (Lipinski definition) is 3. The molecule has 2 bridgehead atoms. The molecule has 2 aliphatic heterocycles. The standard InChI is InChI=1S/C15H18F2N2OS/c16-13-4-3-12(7-14(13)17)21-8-15(20)19-11-5-9-1-2-10(6-11)18-9/h3-4,7,9-11,18H,1-2,5-6,8H2,(H,19,20). The number of piperidine rings is 1. The van der Waals surface area contributed by atoms with E-state index in [1.807, 2.05) is 0 Å². The van der Waals surface area contributed by atoms with Gasteiger partial charge in [0, 0.05) is 23.0 Å². The summed E-state index contributed by atoms with van der Waals surface area (Å²) in [7, 11) is 0. The zero-order valence-corrected chi connectivity index (χ0v) is 12.4. The Hall–Kier alpha value is -1.14. The van der Waals surface area contributed by atoms with Crippen LogP contribution in [0.2, 0.25) is 0 Å². The number of halogens is 2. The fraction of sp³-hybridized carbons (Fsp3) is 0.533. The van der Waals surface area contributed by atoms with Gasteiger partial charge in [0.2, 0.25) is 5.91 Å². The van der Waals surface area contributed by atoms with Crippen molar-refractivity contribution in [3.05, 3.63) is 29.8 Å². The predicted octanol–water partition coefficient (Wildman–Crippen LogP) is 2.46. The molecule has 2 unspecified atom stereocenters. The van der Waals surface area contributed by atoms with E-state index in [9.17, 15) is 13.6 Å². The molecule has 1 aromatic carbocycles. The Kier molecular flexibility index (Phi) is 4.45. The zero-order valence-electron chi connectivity index (χ0n) is 11.6. The Morgan fingerprint density at radius 2 is 1.95 bits per heavy atom. The van der Waals surface area contributed by atoms with Crippen molar-refractivity contribution in [2.24, 2.45) is 0 Å². The number of fused-ring (bicyclic) bond motifs is 2. The Balaban J connectivity index is 1.47. The maximum absolute atomic E-state index is 13.1. The Morgan fingerprint density at radius 3 is 2.62 bits per heavy atom. The summed E-state index contributed by atoms with van der Waals surface area (Å²) in [6.07, 6.45) is 4.36. The highest BCUT2D eigenvalue weighted by molar-refractivity contribution is 8.00. The second-order valence-electron chi connectivity index (χ2n) is 5.74. The van der Waals surface area contributed by atoms with Crippen LogP contribution in [0.25, 0.3) is 0 Å². The highest BCUT2D eigenvalue weighted by atomic mass is 32.2. The highest BCUT2D eigenvalue weighted by Crippen LogP contribution is 2.27. The van der Waals surface area contributed by atoms with Crippen LogP contribution in [0, 0.1) is 11.6 Å². The molecule has 3 rings (SSSR count). The number of thioether (sulfide) groups is 1. The lowest BCUT2D eigenvalue weighted by molar-refractivity contribution is -0.119. The average molecular weight is 312 g/mol. The van der Waals surface area contributed by atoms with Gasteiger partial charge in [0.25, 0.3) is 0 Å². The van der Waals surface area contributed by atoms with Crippen LogP contribution in [0.5, 0.6) is 0 Å². The summed E-state index contributed by atoms with van der Waals surface area (Å²) in [5.41, 5.74) is 0. The molecule has 0 aromatic heterocycles. The van der Waals surface area contributed by atoms with Gasteiger partial charge in [0.15, 0.2) is 11.6 Å². The van der Waals surface area contributed by atoms with Crippen molar-refractivity contribution < 1.29 is 13.6 Å². The summed E-state index contributed by atoms with van der Waals surface area (Å²) in [6, 6.07) is 5.00. The number of hydrogen-bond donors (Lipinski definition) is 2. The lowest BCUT2D eigenvalue weighted by Gasteiger charge is -2.29. The fourth-order valence-electron chi connectivity index (χ4n) is 3.16. The van der Waals surface area contributed by atoms with Crippen molar-refractivity contribution in [3.63, 3.8) is 0 Å². The number of benzene rings is 1. The molecule has 2 atom stereocenters. The molecule has 0 saturated carbocycles. The lowest BCUT2D eigenvalue weighted by Crippen LogP contribution is -2.48. The van der Waals surface area contributed by atoms with Gasteiger partial charge in [-0.3, -0.25) is 4.79 Å². The largest absolute Gasteiger partial charge is 0.353 e. The average Bonchev–Trinajstić information content (AvgIpc) is 2.79. The molecule has 2 N–H and O–H groups in total. The van der Waals surface area contributed by atoms with Crippen molar-refractivity contribution in [2.75, 3.05) is 5.75 Å². The fourth-order valence-corrected chi connectivity index (χ4v) is 3.89. The molecule has 2 fully saturated rings. The zero-order chi connectivity index (χ0) is 14.8. The third-order valence-corrected chi connectivity index (χ3v) is 5.09. The van der Waals surface area contributed by atoms with Gasteiger partial charge in [-0.15, -0.1) is 11.8 Å². The van der Waals surface area contributed by atoms with Crippen molar-refractivity contribution in [2.45, 2.75) is 48.7 Å². The normalized spacial score (nSPS) is 27.6. The van der Waals surface area contributed by atoms with Crippen LogP contribution in [-0.4, -0.2) is 29.8 Å². The van der Waals surface area contributed by atoms with Crippen LogP contribution in [0.4, 0.5) is 8.78 Å². The van der Waals surface area contributed by atoms with E-state index < -0.39 is 11.6 Å². The molecular weight excluding hydrogens is 294 g/mol. The van der Waals surface area contributed by atoms with E-state index in [2.05, 4.69) is 10.6 Å². The Bertz CT molecular complexity index is 528. The third-order valence-electron chi connectivity index (χ3n) is 4.10. The van der Waals surface area contributed by atoms with Crippen molar-refractivity contribution >= 4 is 17.7 Å². The molecule has 2 aliphatic rings. The van der Waals surface area contributed by atoms with Crippen molar-refractivity contribution in [3.8, 4) is 0 Å². The van der Waals surface area contributed by atoms with Crippen molar-refractivity contribution in [1.82, 2.24) is 10.6 Å². The first kappa shape index (κ1) is 14.8. The van der Waals surface area contributed by atoms with E-state index in [0.29, 0.717) is 17.0 Å². The van der Waals surface area contributed by atoms with E-state index in [1.54, 1.807) is 0 Å². The SMILES string of the molecule is O=C(CSc1ccc(F)c(F)c1)NC1CC2CCC(C1)N2. The van der Waals surface area contributed by atoms with Crippen LogP contribution in [0.1, 0.15) is 25.7 Å². The van der Waals surface area contributed by atoms with Crippen LogP contribution >= 0.6 is 11.8 Å². The molecule has 6 heteroatoms. The number of carbonyl (C=O) groups excluding carboxylic acids is 1. The van der Waals surface area contributed by atoms with Gasteiger partial charge >= 0.3 is 0 Å². The number of rotatable bonds is 4. The first-order valence-corrected chi connectivity index (χ1v) is 8.22. The second kappa shape index (κ2) is 6.32. The molecule has 0 spiro atoms. The second-order valence-corrected chi connectivity index (χ2v) is 6.79. The minimum absolute atomic E-state index is 0.0453. The highest BCUT2D eigenvalue weighted by Gasteiger charge is 2.33. The van der Waals surface area contributed by atoms with Gasteiger partial charge in [-0.25, -0.2) is 8.78 Å². The summed E-state index contributed by atoms with van der Waals surface area (Å²) >= 11 is 1.22. The molecular formula is C15H18F2N2OS. The van der Waals surface area contributed by atoms with Crippen LogP contribution in [-0.2, 0) is 4.79 Å². The monoisotopic (exact) mass is 312 g/mol.